The molecule has 0 aliphatic heterocycles. The molecule has 0 aliphatic carbocycles. The average Bonchev–Trinajstić information content (AvgIpc) is 2.84. The number of anilines is 1. The van der Waals surface area contributed by atoms with E-state index in [1.807, 2.05) is 18.4 Å². The highest BCUT2D eigenvalue weighted by Crippen LogP contribution is 2.22. The first kappa shape index (κ1) is 14.0. The molecule has 106 valence electrons. The zero-order valence-electron chi connectivity index (χ0n) is 11.4. The van der Waals surface area contributed by atoms with E-state index in [2.05, 4.69) is 10.3 Å². The van der Waals surface area contributed by atoms with E-state index in [-0.39, 0.29) is 11.9 Å². The average molecular weight is 276 g/mol. The van der Waals surface area contributed by atoms with Crippen LogP contribution in [0.25, 0.3) is 0 Å². The summed E-state index contributed by atoms with van der Waals surface area (Å²) < 4.78 is 15.0. The monoisotopic (exact) mass is 276 g/mol. The second kappa shape index (κ2) is 5.73. The van der Waals surface area contributed by atoms with Gasteiger partial charge in [0.25, 0.3) is 0 Å². The van der Waals surface area contributed by atoms with Gasteiger partial charge in [-0.25, -0.2) is 9.37 Å². The lowest BCUT2D eigenvalue weighted by Gasteiger charge is -2.20. The first-order valence-electron chi connectivity index (χ1n) is 6.32. The summed E-state index contributed by atoms with van der Waals surface area (Å²) in [5, 5.41) is 2.94. The van der Waals surface area contributed by atoms with E-state index in [1.165, 1.54) is 12.1 Å². The lowest BCUT2D eigenvalue weighted by molar-refractivity contribution is -0.119. The Morgan fingerprint density at radius 2 is 2.20 bits per heavy atom. The van der Waals surface area contributed by atoms with Crippen LogP contribution < -0.4 is 11.1 Å². The number of primary amides is 1. The van der Waals surface area contributed by atoms with Crippen LogP contribution in [0.5, 0.6) is 0 Å². The standard InChI is InChI=1S/C14H17FN4O/c1-9(2)19-8-17-7-12(19)13(14(16)20)18-11-5-3-4-10(15)6-11/h3-9,13,18H,1-2H3,(H2,16,20). The Bertz CT molecular complexity index is 609. The molecule has 2 rings (SSSR count). The maximum absolute atomic E-state index is 13.2. The number of amides is 1. The van der Waals surface area contributed by atoms with E-state index in [4.69, 9.17) is 5.73 Å². The molecule has 1 amide bonds. The van der Waals surface area contributed by atoms with E-state index in [0.29, 0.717) is 11.4 Å². The molecule has 1 atom stereocenters. The molecule has 2 aromatic rings. The Morgan fingerprint density at radius 1 is 1.45 bits per heavy atom. The van der Waals surface area contributed by atoms with Gasteiger partial charge in [0.05, 0.1) is 18.2 Å². The highest BCUT2D eigenvalue weighted by molar-refractivity contribution is 5.84. The number of hydrogen-bond acceptors (Lipinski definition) is 3. The third kappa shape index (κ3) is 2.96. The van der Waals surface area contributed by atoms with Gasteiger partial charge in [-0.2, -0.15) is 0 Å². The number of halogens is 1. The quantitative estimate of drug-likeness (QED) is 0.879. The molecule has 1 aromatic carbocycles. The molecular formula is C14H17FN4O. The van der Waals surface area contributed by atoms with Gasteiger partial charge in [0, 0.05) is 11.7 Å². The molecule has 0 spiro atoms. The molecule has 0 radical (unpaired) electrons. The first-order chi connectivity index (χ1) is 9.49. The summed E-state index contributed by atoms with van der Waals surface area (Å²) in [6.45, 7) is 3.96. The molecule has 1 unspecified atom stereocenters. The largest absolute Gasteiger partial charge is 0.369 e. The molecule has 20 heavy (non-hydrogen) atoms. The number of rotatable bonds is 5. The summed E-state index contributed by atoms with van der Waals surface area (Å²) in [6, 6.07) is 5.27. The molecule has 0 fully saturated rings. The van der Waals surface area contributed by atoms with Crippen molar-refractivity contribution >= 4 is 11.6 Å². The lowest BCUT2D eigenvalue weighted by atomic mass is 10.1. The Hall–Kier alpha value is -2.37. The van der Waals surface area contributed by atoms with Crippen LogP contribution in [0, 0.1) is 5.82 Å². The molecule has 0 aliphatic rings. The fourth-order valence-electron chi connectivity index (χ4n) is 2.01. The lowest BCUT2D eigenvalue weighted by Crippen LogP contribution is -2.30. The van der Waals surface area contributed by atoms with Crippen LogP contribution in [0.2, 0.25) is 0 Å². The van der Waals surface area contributed by atoms with Crippen molar-refractivity contribution < 1.29 is 9.18 Å². The van der Waals surface area contributed by atoms with Gasteiger partial charge >= 0.3 is 0 Å². The smallest absolute Gasteiger partial charge is 0.246 e. The number of carbonyl (C=O) groups is 1. The Kier molecular flexibility index (Phi) is 4.02. The van der Waals surface area contributed by atoms with Gasteiger partial charge in [-0.05, 0) is 32.0 Å². The van der Waals surface area contributed by atoms with Crippen LogP contribution >= 0.6 is 0 Å². The highest BCUT2D eigenvalue weighted by Gasteiger charge is 2.22. The summed E-state index contributed by atoms with van der Waals surface area (Å²) in [6.07, 6.45) is 3.23. The Morgan fingerprint density at radius 3 is 2.80 bits per heavy atom. The molecule has 6 heteroatoms. The van der Waals surface area contributed by atoms with Gasteiger partial charge in [-0.3, -0.25) is 4.79 Å². The van der Waals surface area contributed by atoms with Crippen molar-refractivity contribution in [3.8, 4) is 0 Å². The number of hydrogen-bond donors (Lipinski definition) is 2. The number of imidazole rings is 1. The van der Waals surface area contributed by atoms with Gasteiger partial charge in [-0.15, -0.1) is 0 Å². The zero-order valence-corrected chi connectivity index (χ0v) is 11.4. The summed E-state index contributed by atoms with van der Waals surface area (Å²) in [4.78, 5) is 15.7. The van der Waals surface area contributed by atoms with Gasteiger partial charge in [-0.1, -0.05) is 6.07 Å². The summed E-state index contributed by atoms with van der Waals surface area (Å²) in [7, 11) is 0. The third-order valence-corrected chi connectivity index (χ3v) is 2.97. The predicted molar refractivity (Wildman–Crippen MR) is 74.6 cm³/mol. The fraction of sp³-hybridized carbons (Fsp3) is 0.286. The first-order valence-corrected chi connectivity index (χ1v) is 6.32. The van der Waals surface area contributed by atoms with Crippen molar-refractivity contribution in [3.63, 3.8) is 0 Å². The zero-order chi connectivity index (χ0) is 14.7. The van der Waals surface area contributed by atoms with E-state index < -0.39 is 11.9 Å². The van der Waals surface area contributed by atoms with Crippen molar-refractivity contribution in [2.24, 2.45) is 5.73 Å². The molecule has 3 N–H and O–H groups in total. The van der Waals surface area contributed by atoms with Crippen molar-refractivity contribution in [2.45, 2.75) is 25.9 Å². The molecule has 0 saturated carbocycles. The van der Waals surface area contributed by atoms with Gasteiger partial charge in [0.15, 0.2) is 0 Å². The fourth-order valence-corrected chi connectivity index (χ4v) is 2.01. The second-order valence-electron chi connectivity index (χ2n) is 4.81. The molecule has 0 saturated heterocycles. The molecule has 1 heterocycles. The van der Waals surface area contributed by atoms with Crippen LogP contribution in [-0.2, 0) is 4.79 Å². The van der Waals surface area contributed by atoms with Crippen molar-refractivity contribution in [3.05, 3.63) is 48.3 Å². The minimum Gasteiger partial charge on any atom is -0.369 e. The van der Waals surface area contributed by atoms with Crippen LogP contribution in [0.4, 0.5) is 10.1 Å². The third-order valence-electron chi connectivity index (χ3n) is 2.97. The predicted octanol–water partition coefficient (Wildman–Crippen LogP) is 2.24. The van der Waals surface area contributed by atoms with Crippen LogP contribution in [0.15, 0.2) is 36.8 Å². The minimum atomic E-state index is -0.762. The van der Waals surface area contributed by atoms with E-state index in [0.717, 1.165) is 0 Å². The highest BCUT2D eigenvalue weighted by atomic mass is 19.1. The van der Waals surface area contributed by atoms with Crippen molar-refractivity contribution in [2.75, 3.05) is 5.32 Å². The Balaban J connectivity index is 2.32. The van der Waals surface area contributed by atoms with Crippen molar-refractivity contribution in [1.29, 1.82) is 0 Å². The molecule has 5 nitrogen and oxygen atoms in total. The summed E-state index contributed by atoms with van der Waals surface area (Å²) in [5.41, 5.74) is 6.59. The van der Waals surface area contributed by atoms with Gasteiger partial charge < -0.3 is 15.6 Å². The number of aromatic nitrogens is 2. The van der Waals surface area contributed by atoms with E-state index in [9.17, 15) is 9.18 Å². The topological polar surface area (TPSA) is 72.9 Å². The minimum absolute atomic E-state index is 0.142. The maximum atomic E-state index is 13.2. The number of carbonyl (C=O) groups excluding carboxylic acids is 1. The SMILES string of the molecule is CC(C)n1cncc1C(Nc1cccc(F)c1)C(N)=O. The van der Waals surface area contributed by atoms with Gasteiger partial charge in [0.1, 0.15) is 11.9 Å². The number of nitrogens with zero attached hydrogens (tertiary/aromatic N) is 2. The summed E-state index contributed by atoms with van der Waals surface area (Å²) in [5.74, 6) is -0.924. The molecular weight excluding hydrogens is 259 g/mol. The number of nitrogens with two attached hydrogens (primary N) is 1. The van der Waals surface area contributed by atoms with Gasteiger partial charge in [0.2, 0.25) is 5.91 Å². The van der Waals surface area contributed by atoms with Crippen LogP contribution in [0.3, 0.4) is 0 Å². The maximum Gasteiger partial charge on any atom is 0.246 e. The normalized spacial score (nSPS) is 12.4. The molecule has 1 aromatic heterocycles. The van der Waals surface area contributed by atoms with E-state index >= 15 is 0 Å². The Labute approximate surface area is 116 Å². The second-order valence-corrected chi connectivity index (χ2v) is 4.81. The van der Waals surface area contributed by atoms with Crippen LogP contribution in [0.1, 0.15) is 31.6 Å². The van der Waals surface area contributed by atoms with Crippen molar-refractivity contribution in [1.82, 2.24) is 9.55 Å². The van der Waals surface area contributed by atoms with E-state index in [1.54, 1.807) is 24.7 Å². The van der Waals surface area contributed by atoms with Crippen LogP contribution in [-0.4, -0.2) is 15.5 Å². The summed E-state index contributed by atoms with van der Waals surface area (Å²) >= 11 is 0. The number of nitrogens with one attached hydrogen (secondary N) is 1. The number of benzene rings is 1. The molecule has 0 bridgehead atoms.